The fourth-order valence-electron chi connectivity index (χ4n) is 0.409. The van der Waals surface area contributed by atoms with Crippen LogP contribution in [0.15, 0.2) is 12.3 Å². The quantitative estimate of drug-likeness (QED) is 0.456. The van der Waals surface area contributed by atoms with Crippen LogP contribution in [0.2, 0.25) is 0 Å². The third kappa shape index (κ3) is 0.719. The number of carbonyl (C=O) groups excluding carboxylic acids is 1. The van der Waals surface area contributed by atoms with Gasteiger partial charge in [0.2, 0.25) is 0 Å². The van der Waals surface area contributed by atoms with Gasteiger partial charge in [-0.2, -0.15) is 0 Å². The van der Waals surface area contributed by atoms with Gasteiger partial charge < -0.3 is 4.55 Å². The molecule has 0 fully saturated rings. The molecule has 1 unspecified atom stereocenters. The van der Waals surface area contributed by atoms with Crippen molar-refractivity contribution in [2.24, 2.45) is 0 Å². The fraction of sp³-hybridized carbons (Fsp3) is 0.250. The van der Waals surface area contributed by atoms with E-state index in [2.05, 4.69) is 0 Å². The molecule has 1 heterocycles. The minimum absolute atomic E-state index is 0.175. The topological polar surface area (TPSA) is 43.4 Å². The van der Waals surface area contributed by atoms with Gasteiger partial charge in [-0.3, -0.25) is 4.79 Å². The predicted octanol–water partition coefficient (Wildman–Crippen LogP) is -0.364. The van der Waals surface area contributed by atoms with Gasteiger partial charge in [-0.1, -0.05) is 0 Å². The fourth-order valence-corrected chi connectivity index (χ4v) is 0.955. The zero-order valence-corrected chi connectivity index (χ0v) is 5.14. The van der Waals surface area contributed by atoms with E-state index in [4.69, 9.17) is 0 Å². The highest BCUT2D eigenvalue weighted by Crippen LogP contribution is 2.08. The summed E-state index contributed by atoms with van der Waals surface area (Å²) in [5.74, 6) is -0.175. The van der Waals surface area contributed by atoms with Gasteiger partial charge in [0, 0.05) is 6.08 Å². The average molecular weight is 131 g/mol. The van der Waals surface area contributed by atoms with Gasteiger partial charge in [-0.05, 0) is 0 Å². The third-order valence-corrected chi connectivity index (χ3v) is 1.70. The highest BCUT2D eigenvalue weighted by atomic mass is 32.2. The van der Waals surface area contributed by atoms with Crippen LogP contribution in [-0.4, -0.2) is 21.0 Å². The highest BCUT2D eigenvalue weighted by molar-refractivity contribution is 7.89. The number of amides is 1. The van der Waals surface area contributed by atoms with Crippen LogP contribution in [0.3, 0.4) is 0 Å². The van der Waals surface area contributed by atoms with E-state index in [1.54, 1.807) is 0 Å². The number of carbonyl (C=O) groups is 1. The van der Waals surface area contributed by atoms with Crippen molar-refractivity contribution in [3.8, 4) is 0 Å². The molecule has 0 saturated carbocycles. The van der Waals surface area contributed by atoms with E-state index in [9.17, 15) is 9.35 Å². The monoisotopic (exact) mass is 131 g/mol. The third-order valence-electron chi connectivity index (χ3n) is 0.847. The summed E-state index contributed by atoms with van der Waals surface area (Å²) in [5.41, 5.74) is 0. The standard InChI is InChI=1S/C4H5NO2S/c1-8(7)5-3-2-4(5)6/h2-3H,1H3. The number of nitrogens with zero attached hydrogens (tertiary/aromatic N) is 1. The smallest absolute Gasteiger partial charge is 0.293 e. The molecule has 0 aromatic heterocycles. The summed E-state index contributed by atoms with van der Waals surface area (Å²) in [6, 6.07) is 0. The average Bonchev–Trinajstić information content (AvgIpc) is 1.61. The van der Waals surface area contributed by atoms with Crippen LogP contribution >= 0.6 is 0 Å². The second kappa shape index (κ2) is 1.80. The van der Waals surface area contributed by atoms with Crippen molar-refractivity contribution < 1.29 is 9.35 Å². The second-order valence-corrected chi connectivity index (χ2v) is 2.64. The van der Waals surface area contributed by atoms with E-state index >= 15 is 0 Å². The molecule has 44 valence electrons. The van der Waals surface area contributed by atoms with E-state index in [1.165, 1.54) is 22.8 Å². The van der Waals surface area contributed by atoms with Crippen LogP contribution in [0.4, 0.5) is 0 Å². The van der Waals surface area contributed by atoms with Crippen molar-refractivity contribution in [1.29, 1.82) is 0 Å². The summed E-state index contributed by atoms with van der Waals surface area (Å²) >= 11 is -1.16. The molecule has 0 spiro atoms. The maximum Gasteiger partial charge on any atom is 0.293 e. The summed E-state index contributed by atoms with van der Waals surface area (Å²) in [4.78, 5) is 10.3. The zero-order chi connectivity index (χ0) is 6.15. The predicted molar refractivity (Wildman–Crippen MR) is 30.1 cm³/mol. The number of hydrogen-bond donors (Lipinski definition) is 0. The molecule has 1 atom stereocenters. The summed E-state index contributed by atoms with van der Waals surface area (Å²) in [6.45, 7) is 0. The maximum absolute atomic E-state index is 10.4. The molecule has 0 radical (unpaired) electrons. The van der Waals surface area contributed by atoms with Crippen molar-refractivity contribution in [2.45, 2.75) is 0 Å². The van der Waals surface area contributed by atoms with E-state index < -0.39 is 11.4 Å². The molecule has 1 aliphatic heterocycles. The minimum atomic E-state index is -1.16. The summed E-state index contributed by atoms with van der Waals surface area (Å²) in [6.07, 6.45) is 4.33. The number of rotatable bonds is 1. The lowest BCUT2D eigenvalue weighted by Crippen LogP contribution is -2.35. The van der Waals surface area contributed by atoms with Gasteiger partial charge in [-0.15, -0.1) is 4.31 Å². The molecule has 1 amide bonds. The Morgan fingerprint density at radius 3 is 2.50 bits per heavy atom. The van der Waals surface area contributed by atoms with E-state index in [1.807, 2.05) is 0 Å². The molecule has 3 nitrogen and oxygen atoms in total. The highest BCUT2D eigenvalue weighted by Gasteiger charge is 2.24. The lowest BCUT2D eigenvalue weighted by molar-refractivity contribution is -0.122. The summed E-state index contributed by atoms with van der Waals surface area (Å²) < 4.78 is 11.6. The van der Waals surface area contributed by atoms with Gasteiger partial charge in [0.15, 0.2) is 0 Å². The van der Waals surface area contributed by atoms with Crippen LogP contribution in [-0.2, 0) is 16.2 Å². The van der Waals surface area contributed by atoms with Crippen molar-refractivity contribution >= 4 is 17.3 Å². The second-order valence-electron chi connectivity index (χ2n) is 1.40. The summed E-state index contributed by atoms with van der Waals surface area (Å²) in [5, 5.41) is 0. The molecule has 0 N–H and O–H groups in total. The molecule has 1 rings (SSSR count). The van der Waals surface area contributed by atoms with Crippen molar-refractivity contribution in [2.75, 3.05) is 6.26 Å². The molecule has 0 bridgehead atoms. The Bertz CT molecular complexity index is 143. The molecule has 0 aliphatic carbocycles. The van der Waals surface area contributed by atoms with Gasteiger partial charge >= 0.3 is 0 Å². The van der Waals surface area contributed by atoms with Gasteiger partial charge in [0.05, 0.1) is 17.6 Å². The molecule has 0 saturated heterocycles. The Morgan fingerprint density at radius 2 is 2.50 bits per heavy atom. The Kier molecular flexibility index (Phi) is 1.27. The van der Waals surface area contributed by atoms with E-state index in [0.717, 1.165) is 0 Å². The first-order chi connectivity index (χ1) is 3.72. The van der Waals surface area contributed by atoms with Crippen LogP contribution < -0.4 is 0 Å². The summed E-state index contributed by atoms with van der Waals surface area (Å²) in [7, 11) is 0. The molecular formula is C4H5NO2S. The van der Waals surface area contributed by atoms with Gasteiger partial charge in [0.1, 0.15) is 6.26 Å². The zero-order valence-electron chi connectivity index (χ0n) is 4.33. The molecule has 0 aromatic carbocycles. The van der Waals surface area contributed by atoms with Crippen molar-refractivity contribution in [1.82, 2.24) is 4.31 Å². The minimum Gasteiger partial charge on any atom is -0.593 e. The lowest BCUT2D eigenvalue weighted by Gasteiger charge is -2.20. The first-order valence-electron chi connectivity index (χ1n) is 2.07. The van der Waals surface area contributed by atoms with E-state index in [-0.39, 0.29) is 5.91 Å². The Balaban J connectivity index is 2.53. The SMILES string of the molecule is C[S+]([O-])N1C=CC1=O. The molecular weight excluding hydrogens is 126 g/mol. The van der Waals surface area contributed by atoms with Crippen LogP contribution in [0, 0.1) is 0 Å². The molecule has 0 aromatic rings. The lowest BCUT2D eigenvalue weighted by atomic mass is 10.4. The van der Waals surface area contributed by atoms with Crippen molar-refractivity contribution in [3.05, 3.63) is 12.3 Å². The maximum atomic E-state index is 10.4. The van der Waals surface area contributed by atoms with Crippen molar-refractivity contribution in [3.63, 3.8) is 0 Å². The normalized spacial score (nSPS) is 20.8. The van der Waals surface area contributed by atoms with Crippen LogP contribution in [0.1, 0.15) is 0 Å². The van der Waals surface area contributed by atoms with Crippen LogP contribution in [0.5, 0.6) is 0 Å². The first-order valence-corrected chi connectivity index (χ1v) is 3.58. The molecule has 8 heavy (non-hydrogen) atoms. The Morgan fingerprint density at radius 1 is 1.88 bits per heavy atom. The van der Waals surface area contributed by atoms with Crippen LogP contribution in [0.25, 0.3) is 0 Å². The molecule has 4 heteroatoms. The van der Waals surface area contributed by atoms with E-state index in [0.29, 0.717) is 0 Å². The molecule has 1 aliphatic rings. The Labute approximate surface area is 50.3 Å². The largest absolute Gasteiger partial charge is 0.593 e. The van der Waals surface area contributed by atoms with Gasteiger partial charge in [0.25, 0.3) is 5.91 Å². The Hall–Kier alpha value is -0.480. The van der Waals surface area contributed by atoms with Gasteiger partial charge in [-0.25, -0.2) is 0 Å². The number of hydrogen-bond acceptors (Lipinski definition) is 2. The first kappa shape index (κ1) is 5.65.